The number of benzene rings is 2. The van der Waals surface area contributed by atoms with E-state index < -0.39 is 8.24 Å². The Bertz CT molecular complexity index is 871. The standard InChI is InChI=1S/C17H19N3OSi/c1-12(21)20(22(2,3)4)13-9-10-16-17(11-13)19-15-8-6-5-7-14(15)18-16/h5-11H,1-4H3. The van der Waals surface area contributed by atoms with Crippen molar-refractivity contribution in [3.05, 3.63) is 42.5 Å². The highest BCUT2D eigenvalue weighted by atomic mass is 28.3. The topological polar surface area (TPSA) is 46.1 Å². The molecule has 0 aliphatic heterocycles. The zero-order valence-electron chi connectivity index (χ0n) is 13.3. The number of carbonyl (C=O) groups excluding carboxylic acids is 1. The molecule has 2 aromatic carbocycles. The average Bonchev–Trinajstić information content (AvgIpc) is 2.43. The van der Waals surface area contributed by atoms with Gasteiger partial charge in [-0.2, -0.15) is 0 Å². The summed E-state index contributed by atoms with van der Waals surface area (Å²) in [5.41, 5.74) is 4.33. The molecule has 112 valence electrons. The van der Waals surface area contributed by atoms with E-state index in [1.54, 1.807) is 6.92 Å². The number of hydrogen-bond acceptors (Lipinski definition) is 3. The van der Waals surface area contributed by atoms with Crippen molar-refractivity contribution in [1.82, 2.24) is 9.97 Å². The van der Waals surface area contributed by atoms with Crippen molar-refractivity contribution in [2.75, 3.05) is 4.57 Å². The van der Waals surface area contributed by atoms with Gasteiger partial charge in [-0.25, -0.2) is 9.97 Å². The monoisotopic (exact) mass is 309 g/mol. The lowest BCUT2D eigenvalue weighted by atomic mass is 10.2. The summed E-state index contributed by atoms with van der Waals surface area (Å²) in [7, 11) is -1.80. The number of para-hydroxylation sites is 2. The lowest BCUT2D eigenvalue weighted by molar-refractivity contribution is -0.115. The maximum atomic E-state index is 12.1. The normalized spacial score (nSPS) is 11.8. The second kappa shape index (κ2) is 5.17. The molecule has 1 heterocycles. The van der Waals surface area contributed by atoms with Crippen molar-refractivity contribution in [2.45, 2.75) is 26.6 Å². The molecule has 4 nitrogen and oxygen atoms in total. The molecule has 0 bridgehead atoms. The number of carbonyl (C=O) groups is 1. The first-order valence-electron chi connectivity index (χ1n) is 7.33. The minimum Gasteiger partial charge on any atom is -0.341 e. The Morgan fingerprint density at radius 1 is 0.909 bits per heavy atom. The molecular formula is C17H19N3OSi. The van der Waals surface area contributed by atoms with E-state index in [0.29, 0.717) is 0 Å². The smallest absolute Gasteiger partial charge is 0.215 e. The number of hydrogen-bond donors (Lipinski definition) is 0. The third-order valence-corrected chi connectivity index (χ3v) is 5.48. The molecule has 0 fully saturated rings. The highest BCUT2D eigenvalue weighted by molar-refractivity contribution is 6.83. The Morgan fingerprint density at radius 2 is 1.45 bits per heavy atom. The molecule has 0 spiro atoms. The summed E-state index contributed by atoms with van der Waals surface area (Å²) in [6.07, 6.45) is 0. The van der Waals surface area contributed by atoms with Gasteiger partial charge in [-0.1, -0.05) is 31.8 Å². The summed E-state index contributed by atoms with van der Waals surface area (Å²) < 4.78 is 1.92. The van der Waals surface area contributed by atoms with Crippen LogP contribution < -0.4 is 4.57 Å². The number of anilines is 1. The van der Waals surface area contributed by atoms with E-state index in [1.165, 1.54) is 0 Å². The Balaban J connectivity index is 2.20. The van der Waals surface area contributed by atoms with Crippen LogP contribution in [0.5, 0.6) is 0 Å². The van der Waals surface area contributed by atoms with Gasteiger partial charge in [0.1, 0.15) is 0 Å². The van der Waals surface area contributed by atoms with Crippen LogP contribution in [-0.4, -0.2) is 24.1 Å². The van der Waals surface area contributed by atoms with Gasteiger partial charge in [0, 0.05) is 12.6 Å². The van der Waals surface area contributed by atoms with E-state index >= 15 is 0 Å². The zero-order valence-corrected chi connectivity index (χ0v) is 14.3. The summed E-state index contributed by atoms with van der Waals surface area (Å²) >= 11 is 0. The Labute approximate surface area is 130 Å². The highest BCUT2D eigenvalue weighted by Gasteiger charge is 2.28. The number of aromatic nitrogens is 2. The van der Waals surface area contributed by atoms with Crippen molar-refractivity contribution < 1.29 is 4.79 Å². The summed E-state index contributed by atoms with van der Waals surface area (Å²) in [5, 5.41) is 0. The summed E-state index contributed by atoms with van der Waals surface area (Å²) in [5.74, 6) is 0.0762. The van der Waals surface area contributed by atoms with Gasteiger partial charge in [-0.3, -0.25) is 4.79 Å². The van der Waals surface area contributed by atoms with Crippen LogP contribution in [0.25, 0.3) is 22.1 Å². The van der Waals surface area contributed by atoms with Gasteiger partial charge in [-0.05, 0) is 30.3 Å². The molecule has 0 saturated carbocycles. The van der Waals surface area contributed by atoms with Gasteiger partial charge in [0.05, 0.1) is 22.1 Å². The third-order valence-electron chi connectivity index (χ3n) is 3.57. The molecule has 0 aliphatic carbocycles. The molecule has 0 radical (unpaired) electrons. The van der Waals surface area contributed by atoms with Gasteiger partial charge in [0.25, 0.3) is 0 Å². The Morgan fingerprint density at radius 3 is 2.00 bits per heavy atom. The van der Waals surface area contributed by atoms with Gasteiger partial charge in [-0.15, -0.1) is 0 Å². The fraction of sp³-hybridized carbons (Fsp3) is 0.235. The fourth-order valence-corrected chi connectivity index (χ4v) is 4.65. The lowest BCUT2D eigenvalue weighted by Crippen LogP contribution is -2.49. The van der Waals surface area contributed by atoms with Gasteiger partial charge in [0.15, 0.2) is 8.24 Å². The van der Waals surface area contributed by atoms with Crippen LogP contribution in [0.1, 0.15) is 6.92 Å². The van der Waals surface area contributed by atoms with E-state index in [-0.39, 0.29) is 5.91 Å². The summed E-state index contributed by atoms with van der Waals surface area (Å²) in [6, 6.07) is 13.7. The van der Waals surface area contributed by atoms with Gasteiger partial charge >= 0.3 is 0 Å². The van der Waals surface area contributed by atoms with Crippen molar-refractivity contribution in [2.24, 2.45) is 0 Å². The van der Waals surface area contributed by atoms with Crippen LogP contribution in [0.15, 0.2) is 42.5 Å². The third kappa shape index (κ3) is 2.59. The molecule has 0 aliphatic rings. The molecule has 0 N–H and O–H groups in total. The van der Waals surface area contributed by atoms with E-state index in [4.69, 9.17) is 0 Å². The lowest BCUT2D eigenvalue weighted by Gasteiger charge is -2.33. The first-order chi connectivity index (χ1) is 10.4. The highest BCUT2D eigenvalue weighted by Crippen LogP contribution is 2.26. The summed E-state index contributed by atoms with van der Waals surface area (Å²) in [6.45, 7) is 8.09. The molecule has 1 amide bonds. The van der Waals surface area contributed by atoms with Crippen molar-refractivity contribution in [1.29, 1.82) is 0 Å². The SMILES string of the molecule is CC(=O)N(c1ccc2nc3ccccc3nc2c1)[Si](C)(C)C. The Hall–Kier alpha value is -2.27. The molecule has 1 aromatic heterocycles. The first-order valence-corrected chi connectivity index (χ1v) is 10.8. The minimum atomic E-state index is -1.80. The van der Waals surface area contributed by atoms with Crippen LogP contribution in [-0.2, 0) is 4.79 Å². The Kier molecular flexibility index (Phi) is 3.45. The van der Waals surface area contributed by atoms with Crippen molar-refractivity contribution >= 4 is 41.9 Å². The van der Waals surface area contributed by atoms with E-state index in [2.05, 4.69) is 29.6 Å². The number of rotatable bonds is 2. The number of nitrogens with zero attached hydrogens (tertiary/aromatic N) is 3. The fourth-order valence-electron chi connectivity index (χ4n) is 2.79. The largest absolute Gasteiger partial charge is 0.341 e. The van der Waals surface area contributed by atoms with Crippen LogP contribution in [0, 0.1) is 0 Å². The van der Waals surface area contributed by atoms with E-state index in [1.807, 2.05) is 47.0 Å². The van der Waals surface area contributed by atoms with Gasteiger partial charge < -0.3 is 4.57 Å². The molecule has 0 saturated heterocycles. The quantitative estimate of drug-likeness (QED) is 0.531. The molecule has 0 unspecified atom stereocenters. The minimum absolute atomic E-state index is 0.0762. The molecule has 5 heteroatoms. The number of fused-ring (bicyclic) bond motifs is 2. The molecule has 22 heavy (non-hydrogen) atoms. The van der Waals surface area contributed by atoms with Crippen LogP contribution in [0.2, 0.25) is 19.6 Å². The predicted molar refractivity (Wildman–Crippen MR) is 93.6 cm³/mol. The summed E-state index contributed by atoms with van der Waals surface area (Å²) in [4.78, 5) is 21.4. The van der Waals surface area contributed by atoms with Crippen molar-refractivity contribution in [3.8, 4) is 0 Å². The van der Waals surface area contributed by atoms with E-state index in [0.717, 1.165) is 27.8 Å². The van der Waals surface area contributed by atoms with Crippen molar-refractivity contribution in [3.63, 3.8) is 0 Å². The van der Waals surface area contributed by atoms with Crippen LogP contribution >= 0.6 is 0 Å². The first kappa shape index (κ1) is 14.7. The average molecular weight is 309 g/mol. The van der Waals surface area contributed by atoms with Crippen LogP contribution in [0.3, 0.4) is 0 Å². The van der Waals surface area contributed by atoms with E-state index in [9.17, 15) is 4.79 Å². The molecule has 3 rings (SSSR count). The maximum absolute atomic E-state index is 12.1. The second-order valence-electron chi connectivity index (χ2n) is 6.41. The zero-order chi connectivity index (χ0) is 15.9. The molecule has 3 aromatic rings. The van der Waals surface area contributed by atoms with Gasteiger partial charge in [0.2, 0.25) is 5.91 Å². The second-order valence-corrected chi connectivity index (χ2v) is 11.2. The molecular weight excluding hydrogens is 290 g/mol. The maximum Gasteiger partial charge on any atom is 0.215 e. The van der Waals surface area contributed by atoms with Crippen LogP contribution in [0.4, 0.5) is 5.69 Å². The molecule has 0 atom stereocenters. The number of amides is 1. The predicted octanol–water partition coefficient (Wildman–Crippen LogP) is 3.97.